The molecule has 8 heteroatoms. The van der Waals surface area contributed by atoms with Gasteiger partial charge in [-0.2, -0.15) is 10.4 Å². The van der Waals surface area contributed by atoms with Crippen LogP contribution in [0.5, 0.6) is 0 Å². The molecule has 0 saturated heterocycles. The molecule has 1 amide bonds. The number of nitrogens with one attached hydrogen (secondary N) is 2. The third-order valence-electron chi connectivity index (χ3n) is 4.10. The molecule has 0 atom stereocenters. The van der Waals surface area contributed by atoms with Gasteiger partial charge in [0, 0.05) is 23.4 Å². The number of nitrogens with zero attached hydrogens (tertiary/aromatic N) is 3. The molecule has 3 aromatic rings. The number of amides is 1. The molecule has 1 aliphatic carbocycles. The topological polar surface area (TPSA) is 134 Å². The lowest BCUT2D eigenvalue weighted by Crippen LogP contribution is -2.38. The SMILES string of the molecule is N#CC1(NC(=O)C(N)=Cc2nc3c(-c4cn[nH]c4)cccc3o2)CC1. The van der Waals surface area contributed by atoms with Crippen LogP contribution in [0.15, 0.2) is 40.7 Å². The summed E-state index contributed by atoms with van der Waals surface area (Å²) in [5.74, 6) is -0.281. The highest BCUT2D eigenvalue weighted by molar-refractivity contribution is 5.98. The summed E-state index contributed by atoms with van der Waals surface area (Å²) in [6, 6.07) is 7.63. The van der Waals surface area contributed by atoms with E-state index >= 15 is 0 Å². The van der Waals surface area contributed by atoms with Gasteiger partial charge in [-0.15, -0.1) is 0 Å². The second-order valence-corrected chi connectivity index (χ2v) is 5.94. The number of rotatable bonds is 4. The van der Waals surface area contributed by atoms with Crippen molar-refractivity contribution in [3.63, 3.8) is 0 Å². The van der Waals surface area contributed by atoms with Gasteiger partial charge < -0.3 is 15.5 Å². The Labute approximate surface area is 142 Å². The summed E-state index contributed by atoms with van der Waals surface area (Å²) in [7, 11) is 0. The molecule has 4 N–H and O–H groups in total. The summed E-state index contributed by atoms with van der Waals surface area (Å²) >= 11 is 0. The minimum absolute atomic E-state index is 0.0575. The molecule has 0 radical (unpaired) electrons. The lowest BCUT2D eigenvalue weighted by atomic mass is 10.1. The molecule has 2 heterocycles. The molecular weight excluding hydrogens is 320 g/mol. The molecule has 1 aliphatic rings. The predicted molar refractivity (Wildman–Crippen MR) is 89.5 cm³/mol. The Balaban J connectivity index is 1.65. The number of nitriles is 1. The Hall–Kier alpha value is -3.60. The van der Waals surface area contributed by atoms with E-state index in [-0.39, 0.29) is 11.6 Å². The van der Waals surface area contributed by atoms with E-state index in [4.69, 9.17) is 15.4 Å². The first kappa shape index (κ1) is 15.0. The molecule has 1 saturated carbocycles. The molecule has 1 aromatic carbocycles. The molecule has 8 nitrogen and oxygen atoms in total. The Kier molecular flexibility index (Phi) is 3.28. The number of benzene rings is 1. The van der Waals surface area contributed by atoms with Crippen molar-refractivity contribution in [3.05, 3.63) is 42.2 Å². The maximum atomic E-state index is 12.1. The van der Waals surface area contributed by atoms with Crippen molar-refractivity contribution < 1.29 is 9.21 Å². The van der Waals surface area contributed by atoms with Crippen molar-refractivity contribution in [2.24, 2.45) is 5.73 Å². The van der Waals surface area contributed by atoms with E-state index in [1.165, 1.54) is 6.08 Å². The largest absolute Gasteiger partial charge is 0.437 e. The molecule has 0 bridgehead atoms. The molecule has 0 unspecified atom stereocenters. The second-order valence-electron chi connectivity index (χ2n) is 5.94. The van der Waals surface area contributed by atoms with Crippen molar-refractivity contribution in [1.82, 2.24) is 20.5 Å². The van der Waals surface area contributed by atoms with E-state index in [2.05, 4.69) is 26.6 Å². The zero-order valence-electron chi connectivity index (χ0n) is 13.1. The fourth-order valence-corrected chi connectivity index (χ4v) is 2.54. The number of para-hydroxylation sites is 1. The summed E-state index contributed by atoms with van der Waals surface area (Å²) in [5, 5.41) is 18.4. The Morgan fingerprint density at radius 1 is 1.48 bits per heavy atom. The van der Waals surface area contributed by atoms with Gasteiger partial charge in [0.05, 0.1) is 12.3 Å². The predicted octanol–water partition coefficient (Wildman–Crippen LogP) is 1.69. The maximum absolute atomic E-state index is 12.1. The molecular formula is C17H14N6O2. The van der Waals surface area contributed by atoms with Gasteiger partial charge in [-0.25, -0.2) is 4.98 Å². The third-order valence-corrected chi connectivity index (χ3v) is 4.10. The van der Waals surface area contributed by atoms with Gasteiger partial charge in [-0.05, 0) is 18.9 Å². The number of hydrogen-bond acceptors (Lipinski definition) is 6. The summed E-state index contributed by atoms with van der Waals surface area (Å²) in [6.45, 7) is 0. The summed E-state index contributed by atoms with van der Waals surface area (Å²) in [5.41, 5.74) is 7.96. The van der Waals surface area contributed by atoms with Crippen molar-refractivity contribution in [3.8, 4) is 17.2 Å². The van der Waals surface area contributed by atoms with E-state index in [9.17, 15) is 4.79 Å². The number of oxazole rings is 1. The average molecular weight is 334 g/mol. The monoisotopic (exact) mass is 334 g/mol. The molecule has 0 spiro atoms. The molecule has 2 aromatic heterocycles. The van der Waals surface area contributed by atoms with Crippen molar-refractivity contribution in [2.45, 2.75) is 18.4 Å². The number of hydrogen-bond donors (Lipinski definition) is 3. The maximum Gasteiger partial charge on any atom is 0.268 e. The number of H-pyrrole nitrogens is 1. The highest BCUT2D eigenvalue weighted by atomic mass is 16.3. The average Bonchev–Trinajstić information content (AvgIpc) is 3.01. The van der Waals surface area contributed by atoms with Crippen molar-refractivity contribution >= 4 is 23.1 Å². The zero-order chi connectivity index (χ0) is 17.4. The van der Waals surface area contributed by atoms with Crippen LogP contribution in [-0.4, -0.2) is 26.6 Å². The summed E-state index contributed by atoms with van der Waals surface area (Å²) in [6.07, 6.45) is 6.09. The summed E-state index contributed by atoms with van der Waals surface area (Å²) in [4.78, 5) is 16.5. The second kappa shape index (κ2) is 5.49. The molecule has 0 aliphatic heterocycles. The quantitative estimate of drug-likeness (QED) is 0.622. The molecule has 124 valence electrons. The zero-order valence-corrected chi connectivity index (χ0v) is 13.1. The van der Waals surface area contributed by atoms with Gasteiger partial charge in [0.25, 0.3) is 5.91 Å². The third kappa shape index (κ3) is 2.72. The number of aromatic amines is 1. The standard InChI is InChI=1S/C17H14N6O2/c18-9-17(4-5-17)23-16(24)12(19)6-14-22-15-11(10-7-20-21-8-10)2-1-3-13(15)25-14/h1-3,6-8H,4-5,19H2,(H,20,21)(H,23,24). The van der Waals surface area contributed by atoms with Crippen molar-refractivity contribution in [1.29, 1.82) is 5.26 Å². The van der Waals surface area contributed by atoms with E-state index in [0.29, 0.717) is 23.9 Å². The first-order valence-corrected chi connectivity index (χ1v) is 7.70. The van der Waals surface area contributed by atoms with E-state index in [1.54, 1.807) is 18.5 Å². The van der Waals surface area contributed by atoms with Crippen LogP contribution < -0.4 is 11.1 Å². The first-order valence-electron chi connectivity index (χ1n) is 7.70. The smallest absolute Gasteiger partial charge is 0.268 e. The first-order chi connectivity index (χ1) is 12.1. The van der Waals surface area contributed by atoms with Gasteiger partial charge in [0.2, 0.25) is 5.89 Å². The lowest BCUT2D eigenvalue weighted by molar-refractivity contribution is -0.118. The van der Waals surface area contributed by atoms with Crippen LogP contribution in [0.1, 0.15) is 18.7 Å². The number of carbonyl (C=O) groups is 1. The fraction of sp³-hybridized carbons (Fsp3) is 0.176. The molecule has 1 fully saturated rings. The van der Waals surface area contributed by atoms with Gasteiger partial charge in [0.1, 0.15) is 16.8 Å². The van der Waals surface area contributed by atoms with Crippen LogP contribution in [-0.2, 0) is 4.79 Å². The lowest BCUT2D eigenvalue weighted by Gasteiger charge is -2.08. The van der Waals surface area contributed by atoms with Gasteiger partial charge in [-0.1, -0.05) is 12.1 Å². The number of nitrogens with two attached hydrogens (primary N) is 1. The Morgan fingerprint density at radius 2 is 2.32 bits per heavy atom. The molecule has 4 rings (SSSR count). The minimum atomic E-state index is -0.773. The van der Waals surface area contributed by atoms with Gasteiger partial charge in [-0.3, -0.25) is 9.89 Å². The van der Waals surface area contributed by atoms with Crippen LogP contribution in [0.3, 0.4) is 0 Å². The van der Waals surface area contributed by atoms with E-state index in [1.807, 2.05) is 12.1 Å². The van der Waals surface area contributed by atoms with E-state index < -0.39 is 11.4 Å². The van der Waals surface area contributed by atoms with Gasteiger partial charge in [0.15, 0.2) is 5.58 Å². The highest BCUT2D eigenvalue weighted by Crippen LogP contribution is 2.34. The normalized spacial score (nSPS) is 15.7. The van der Waals surface area contributed by atoms with Crippen LogP contribution >= 0.6 is 0 Å². The highest BCUT2D eigenvalue weighted by Gasteiger charge is 2.44. The van der Waals surface area contributed by atoms with E-state index in [0.717, 1.165) is 11.1 Å². The number of fused-ring (bicyclic) bond motifs is 1. The van der Waals surface area contributed by atoms with Crippen LogP contribution in [0.25, 0.3) is 28.3 Å². The Bertz CT molecular complexity index is 1020. The summed E-state index contributed by atoms with van der Waals surface area (Å²) < 4.78 is 5.66. The van der Waals surface area contributed by atoms with Crippen LogP contribution in [0, 0.1) is 11.3 Å². The van der Waals surface area contributed by atoms with Crippen molar-refractivity contribution in [2.75, 3.05) is 0 Å². The van der Waals surface area contributed by atoms with Crippen LogP contribution in [0.4, 0.5) is 0 Å². The fourth-order valence-electron chi connectivity index (χ4n) is 2.54. The van der Waals surface area contributed by atoms with Gasteiger partial charge >= 0.3 is 0 Å². The number of carbonyl (C=O) groups excluding carboxylic acids is 1. The minimum Gasteiger partial charge on any atom is -0.437 e. The molecule has 25 heavy (non-hydrogen) atoms. The number of aromatic nitrogens is 3. The Morgan fingerprint density at radius 3 is 3.00 bits per heavy atom. The van der Waals surface area contributed by atoms with Crippen LogP contribution in [0.2, 0.25) is 0 Å².